The number of rotatable bonds is 4. The maximum atomic E-state index is 12.2. The quantitative estimate of drug-likeness (QED) is 0.825. The molecule has 7 heteroatoms. The van der Waals surface area contributed by atoms with Crippen LogP contribution in [0, 0.1) is 6.92 Å². The number of nitrogens with one attached hydrogen (secondary N) is 1. The van der Waals surface area contributed by atoms with Crippen LogP contribution >= 0.6 is 0 Å². The number of benzene rings is 1. The van der Waals surface area contributed by atoms with Crippen molar-refractivity contribution < 1.29 is 14.7 Å². The molecule has 0 unspecified atom stereocenters. The fourth-order valence-corrected chi connectivity index (χ4v) is 1.71. The van der Waals surface area contributed by atoms with E-state index in [9.17, 15) is 9.59 Å². The highest BCUT2D eigenvalue weighted by Crippen LogP contribution is 2.16. The van der Waals surface area contributed by atoms with Crippen molar-refractivity contribution in [1.29, 1.82) is 0 Å². The van der Waals surface area contributed by atoms with Crippen molar-refractivity contribution in [2.24, 2.45) is 0 Å². The molecular weight excluding hydrogens is 272 g/mol. The van der Waals surface area contributed by atoms with Gasteiger partial charge >= 0.3 is 5.97 Å². The molecule has 1 heterocycles. The fraction of sp³-hybridized carbons (Fsp3) is 0.0714. The van der Waals surface area contributed by atoms with Crippen molar-refractivity contribution in [3.8, 4) is 0 Å². The largest absolute Gasteiger partial charge is 0.478 e. The Morgan fingerprint density at radius 1 is 1.29 bits per heavy atom. The van der Waals surface area contributed by atoms with Crippen LogP contribution in [0.25, 0.3) is 6.08 Å². The third-order valence-electron chi connectivity index (χ3n) is 2.73. The van der Waals surface area contributed by atoms with Gasteiger partial charge in [0, 0.05) is 11.6 Å². The summed E-state index contributed by atoms with van der Waals surface area (Å²) in [6.07, 6.45) is 5.28. The van der Waals surface area contributed by atoms with Crippen molar-refractivity contribution >= 4 is 23.9 Å². The molecule has 1 aromatic heterocycles. The molecule has 2 aromatic rings. The molecule has 0 atom stereocenters. The van der Waals surface area contributed by atoms with Crippen LogP contribution in [-0.4, -0.2) is 32.2 Å². The SMILES string of the molecule is Cc1c(/C=C/C(=O)O)cccc1C(=O)Nc1nccnn1. The van der Waals surface area contributed by atoms with E-state index in [1.165, 1.54) is 18.5 Å². The topological polar surface area (TPSA) is 105 Å². The summed E-state index contributed by atoms with van der Waals surface area (Å²) in [7, 11) is 0. The summed E-state index contributed by atoms with van der Waals surface area (Å²) in [6.45, 7) is 1.74. The van der Waals surface area contributed by atoms with Gasteiger partial charge in [-0.3, -0.25) is 10.1 Å². The van der Waals surface area contributed by atoms with Crippen molar-refractivity contribution in [2.45, 2.75) is 6.92 Å². The molecule has 2 N–H and O–H groups in total. The van der Waals surface area contributed by atoms with Crippen LogP contribution in [0.5, 0.6) is 0 Å². The zero-order valence-corrected chi connectivity index (χ0v) is 11.1. The number of hydrogen-bond acceptors (Lipinski definition) is 5. The first-order valence-corrected chi connectivity index (χ1v) is 6.03. The molecule has 0 radical (unpaired) electrons. The summed E-state index contributed by atoms with van der Waals surface area (Å²) in [5, 5.41) is 18.5. The summed E-state index contributed by atoms with van der Waals surface area (Å²) in [5.41, 5.74) is 1.73. The van der Waals surface area contributed by atoms with Crippen LogP contribution < -0.4 is 5.32 Å². The number of nitrogens with zero attached hydrogens (tertiary/aromatic N) is 3. The van der Waals surface area contributed by atoms with Gasteiger partial charge in [0.2, 0.25) is 5.95 Å². The minimum absolute atomic E-state index is 0.105. The smallest absolute Gasteiger partial charge is 0.328 e. The predicted octanol–water partition coefficient (Wildman–Crippen LogP) is 1.53. The van der Waals surface area contributed by atoms with E-state index >= 15 is 0 Å². The lowest BCUT2D eigenvalue weighted by atomic mass is 10.0. The number of anilines is 1. The van der Waals surface area contributed by atoms with Crippen molar-refractivity contribution in [3.05, 3.63) is 53.4 Å². The first kappa shape index (κ1) is 14.3. The summed E-state index contributed by atoms with van der Waals surface area (Å²) in [4.78, 5) is 26.6. The second kappa shape index (κ2) is 6.38. The highest BCUT2D eigenvalue weighted by molar-refractivity contribution is 6.05. The minimum atomic E-state index is -1.05. The Bertz CT molecular complexity index is 699. The molecule has 0 bridgehead atoms. The molecule has 0 aliphatic heterocycles. The summed E-state index contributed by atoms with van der Waals surface area (Å²) in [5.74, 6) is -1.33. The highest BCUT2D eigenvalue weighted by Gasteiger charge is 2.12. The van der Waals surface area contributed by atoms with Crippen LogP contribution in [0.2, 0.25) is 0 Å². The molecule has 1 amide bonds. The number of amides is 1. The number of carboxylic acid groups (broad SMARTS) is 1. The Morgan fingerprint density at radius 2 is 2.10 bits per heavy atom. The van der Waals surface area contributed by atoms with Crippen molar-refractivity contribution in [1.82, 2.24) is 15.2 Å². The Balaban J connectivity index is 2.26. The highest BCUT2D eigenvalue weighted by atomic mass is 16.4. The van der Waals surface area contributed by atoms with Gasteiger partial charge in [0.25, 0.3) is 5.91 Å². The molecule has 21 heavy (non-hydrogen) atoms. The maximum absolute atomic E-state index is 12.2. The lowest BCUT2D eigenvalue weighted by molar-refractivity contribution is -0.131. The lowest BCUT2D eigenvalue weighted by Gasteiger charge is -2.08. The molecule has 106 valence electrons. The van der Waals surface area contributed by atoms with Gasteiger partial charge in [-0.1, -0.05) is 12.1 Å². The third-order valence-corrected chi connectivity index (χ3v) is 2.73. The van der Waals surface area contributed by atoms with Gasteiger partial charge in [0.1, 0.15) is 0 Å². The Morgan fingerprint density at radius 3 is 2.76 bits per heavy atom. The summed E-state index contributed by atoms with van der Waals surface area (Å²) in [6, 6.07) is 5.04. The van der Waals surface area contributed by atoms with Crippen molar-refractivity contribution in [3.63, 3.8) is 0 Å². The molecule has 0 saturated carbocycles. The Hall–Kier alpha value is -3.09. The van der Waals surface area contributed by atoms with E-state index in [1.54, 1.807) is 25.1 Å². The van der Waals surface area contributed by atoms with Gasteiger partial charge in [0.05, 0.1) is 12.4 Å². The Labute approximate surface area is 120 Å². The van der Waals surface area contributed by atoms with Gasteiger partial charge in [-0.2, -0.15) is 5.10 Å². The van der Waals surface area contributed by atoms with Gasteiger partial charge in [-0.15, -0.1) is 5.10 Å². The average molecular weight is 284 g/mol. The van der Waals surface area contributed by atoms with Crippen LogP contribution in [0.1, 0.15) is 21.5 Å². The van der Waals surface area contributed by atoms with E-state index in [0.717, 1.165) is 6.08 Å². The second-order valence-corrected chi connectivity index (χ2v) is 4.11. The first-order chi connectivity index (χ1) is 10.1. The average Bonchev–Trinajstić information content (AvgIpc) is 2.47. The van der Waals surface area contributed by atoms with Gasteiger partial charge in [0.15, 0.2) is 0 Å². The molecule has 7 nitrogen and oxygen atoms in total. The minimum Gasteiger partial charge on any atom is -0.478 e. The van der Waals surface area contributed by atoms with E-state index in [0.29, 0.717) is 16.7 Å². The van der Waals surface area contributed by atoms with E-state index in [4.69, 9.17) is 5.11 Å². The van der Waals surface area contributed by atoms with Gasteiger partial charge in [-0.05, 0) is 30.2 Å². The molecular formula is C14H12N4O3. The lowest BCUT2D eigenvalue weighted by Crippen LogP contribution is -2.16. The maximum Gasteiger partial charge on any atom is 0.328 e. The van der Waals surface area contributed by atoms with Crippen LogP contribution in [0.15, 0.2) is 36.7 Å². The number of carbonyl (C=O) groups is 2. The number of aliphatic carboxylic acids is 1. The zero-order chi connectivity index (χ0) is 15.2. The number of carbonyl (C=O) groups excluding carboxylic acids is 1. The molecule has 1 aromatic carbocycles. The van der Waals surface area contributed by atoms with Crippen LogP contribution in [-0.2, 0) is 4.79 Å². The number of carboxylic acids is 1. The normalized spacial score (nSPS) is 10.5. The number of aromatic nitrogens is 3. The van der Waals surface area contributed by atoms with E-state index in [2.05, 4.69) is 20.5 Å². The summed E-state index contributed by atoms with van der Waals surface area (Å²) < 4.78 is 0. The molecule has 0 aliphatic carbocycles. The standard InChI is InChI=1S/C14H12N4O3/c1-9-10(5-6-12(19)20)3-2-4-11(9)13(21)17-14-15-7-8-16-18-14/h2-8H,1H3,(H,19,20)(H,15,17,18,21)/b6-5+. The van der Waals surface area contributed by atoms with Crippen molar-refractivity contribution in [2.75, 3.05) is 5.32 Å². The molecule has 0 fully saturated rings. The second-order valence-electron chi connectivity index (χ2n) is 4.11. The van der Waals surface area contributed by atoms with Gasteiger partial charge < -0.3 is 5.11 Å². The Kier molecular flexibility index (Phi) is 4.35. The van der Waals surface area contributed by atoms with E-state index in [1.807, 2.05) is 0 Å². The van der Waals surface area contributed by atoms with E-state index < -0.39 is 5.97 Å². The molecule has 0 saturated heterocycles. The fourth-order valence-electron chi connectivity index (χ4n) is 1.71. The number of hydrogen-bond donors (Lipinski definition) is 2. The predicted molar refractivity (Wildman–Crippen MR) is 75.6 cm³/mol. The van der Waals surface area contributed by atoms with E-state index in [-0.39, 0.29) is 11.9 Å². The zero-order valence-electron chi connectivity index (χ0n) is 11.1. The third kappa shape index (κ3) is 3.69. The molecule has 2 rings (SSSR count). The van der Waals surface area contributed by atoms with Gasteiger partial charge in [-0.25, -0.2) is 9.78 Å². The van der Waals surface area contributed by atoms with Crippen LogP contribution in [0.4, 0.5) is 5.95 Å². The van der Waals surface area contributed by atoms with Crippen LogP contribution in [0.3, 0.4) is 0 Å². The molecule has 0 spiro atoms. The first-order valence-electron chi connectivity index (χ1n) is 6.03. The monoisotopic (exact) mass is 284 g/mol. The molecule has 0 aliphatic rings. The summed E-state index contributed by atoms with van der Waals surface area (Å²) >= 11 is 0.